The van der Waals surface area contributed by atoms with Crippen molar-refractivity contribution < 1.29 is 27.9 Å². The molecule has 0 unspecified atom stereocenters. The van der Waals surface area contributed by atoms with Crippen molar-refractivity contribution in [2.75, 3.05) is 31.1 Å². The fourth-order valence-corrected chi connectivity index (χ4v) is 3.14. The summed E-state index contributed by atoms with van der Waals surface area (Å²) in [7, 11) is 0. The second kappa shape index (κ2) is 9.16. The van der Waals surface area contributed by atoms with Crippen LogP contribution in [0.15, 0.2) is 42.6 Å². The van der Waals surface area contributed by atoms with Gasteiger partial charge in [0.25, 0.3) is 0 Å². The Labute approximate surface area is 178 Å². The molecule has 3 aromatic rings. The van der Waals surface area contributed by atoms with Crippen molar-refractivity contribution in [3.8, 4) is 0 Å². The number of carbonyl (C=O) groups excluding carboxylic acids is 1. The van der Waals surface area contributed by atoms with E-state index in [2.05, 4.69) is 20.2 Å². The Balaban J connectivity index is 0.000000339. The van der Waals surface area contributed by atoms with Gasteiger partial charge >= 0.3 is 18.2 Å². The normalized spacial score (nSPS) is 14.2. The maximum absolute atomic E-state index is 12.7. The molecule has 0 bridgehead atoms. The fourth-order valence-electron chi connectivity index (χ4n) is 2.89. The van der Waals surface area contributed by atoms with Crippen LogP contribution in [0.5, 0.6) is 0 Å². The number of piperazine rings is 1. The minimum absolute atomic E-state index is 0.177. The van der Waals surface area contributed by atoms with Crippen LogP contribution in [-0.2, 0) is 4.79 Å². The zero-order chi connectivity index (χ0) is 22.6. The monoisotopic (exact) mass is 456 g/mol. The van der Waals surface area contributed by atoms with Crippen LogP contribution in [0, 0.1) is 0 Å². The van der Waals surface area contributed by atoms with Gasteiger partial charge in [-0.3, -0.25) is 0 Å². The lowest BCUT2D eigenvalue weighted by Crippen LogP contribution is -2.50. The molecule has 1 N–H and O–H groups in total. The summed E-state index contributed by atoms with van der Waals surface area (Å²) in [6.07, 6.45) is -3.45. The van der Waals surface area contributed by atoms with Gasteiger partial charge in [-0.2, -0.15) is 17.9 Å². The number of halogens is 4. The summed E-state index contributed by atoms with van der Waals surface area (Å²) >= 11 is 6.25. The highest BCUT2D eigenvalue weighted by Gasteiger charge is 2.38. The minimum Gasteiger partial charge on any atom is -0.475 e. The first-order valence-electron chi connectivity index (χ1n) is 8.94. The first-order chi connectivity index (χ1) is 14.7. The summed E-state index contributed by atoms with van der Waals surface area (Å²) in [5, 5.41) is 15.7. The number of hydrogen-bond donors (Lipinski definition) is 1. The van der Waals surface area contributed by atoms with E-state index in [1.165, 1.54) is 4.68 Å². The van der Waals surface area contributed by atoms with Crippen LogP contribution in [0.4, 0.5) is 23.7 Å². The van der Waals surface area contributed by atoms with Gasteiger partial charge in [-0.05, 0) is 24.3 Å². The number of carboxylic acid groups (broad SMARTS) is 1. The summed E-state index contributed by atoms with van der Waals surface area (Å²) in [6, 6.07) is 11.1. The first kappa shape index (κ1) is 22.3. The number of hydrogen-bond acceptors (Lipinski definition) is 6. The Hall–Kier alpha value is -3.41. The van der Waals surface area contributed by atoms with E-state index in [9.17, 15) is 18.0 Å². The number of pyridine rings is 1. The van der Waals surface area contributed by atoms with E-state index >= 15 is 0 Å². The Bertz CT molecular complexity index is 1080. The van der Waals surface area contributed by atoms with Crippen molar-refractivity contribution in [1.82, 2.24) is 24.9 Å². The lowest BCUT2D eigenvalue weighted by atomic mass is 10.2. The molecule has 164 valence electrons. The average Bonchev–Trinajstić information content (AvgIpc) is 3.18. The van der Waals surface area contributed by atoms with Gasteiger partial charge in [0.1, 0.15) is 5.52 Å². The van der Waals surface area contributed by atoms with Crippen LogP contribution in [0.1, 0.15) is 0 Å². The van der Waals surface area contributed by atoms with Crippen LogP contribution < -0.4 is 4.90 Å². The number of carbonyl (C=O) groups is 2. The van der Waals surface area contributed by atoms with E-state index in [1.54, 1.807) is 23.2 Å². The molecule has 1 aliphatic heterocycles. The molecule has 13 heteroatoms. The fraction of sp³-hybridized carbons (Fsp3) is 0.278. The second-order valence-electron chi connectivity index (χ2n) is 6.36. The maximum Gasteiger partial charge on any atom is 0.490 e. The zero-order valence-corrected chi connectivity index (χ0v) is 16.6. The van der Waals surface area contributed by atoms with E-state index in [-0.39, 0.29) is 6.03 Å². The molecule has 31 heavy (non-hydrogen) atoms. The summed E-state index contributed by atoms with van der Waals surface area (Å²) in [5.74, 6) is -2.76. The van der Waals surface area contributed by atoms with Gasteiger partial charge in [-0.25, -0.2) is 14.6 Å². The number of rotatable bonds is 1. The highest BCUT2D eigenvalue weighted by molar-refractivity contribution is 6.33. The number of para-hydroxylation sites is 1. The van der Waals surface area contributed by atoms with Crippen LogP contribution >= 0.6 is 11.6 Å². The van der Waals surface area contributed by atoms with Gasteiger partial charge < -0.3 is 14.9 Å². The third-order valence-electron chi connectivity index (χ3n) is 4.39. The van der Waals surface area contributed by atoms with Crippen LogP contribution in [0.25, 0.3) is 11.2 Å². The molecule has 1 aromatic carbocycles. The van der Waals surface area contributed by atoms with Crippen molar-refractivity contribution in [3.05, 3.63) is 47.6 Å². The van der Waals surface area contributed by atoms with Crippen molar-refractivity contribution >= 4 is 40.5 Å². The molecule has 4 rings (SSSR count). The number of amides is 1. The largest absolute Gasteiger partial charge is 0.490 e. The summed E-state index contributed by atoms with van der Waals surface area (Å²) in [4.78, 5) is 29.7. The number of alkyl halides is 3. The van der Waals surface area contributed by atoms with Crippen molar-refractivity contribution in [2.24, 2.45) is 0 Å². The Morgan fingerprint density at radius 2 is 1.68 bits per heavy atom. The lowest BCUT2D eigenvalue weighted by molar-refractivity contribution is -0.192. The van der Waals surface area contributed by atoms with Gasteiger partial charge in [-0.15, -0.1) is 5.10 Å². The van der Waals surface area contributed by atoms with Gasteiger partial charge in [0.2, 0.25) is 5.65 Å². The van der Waals surface area contributed by atoms with Crippen molar-refractivity contribution in [1.29, 1.82) is 0 Å². The number of carboxylic acids is 1. The molecule has 1 aliphatic rings. The molecule has 0 atom stereocenters. The molecule has 2 aromatic heterocycles. The summed E-state index contributed by atoms with van der Waals surface area (Å²) in [6.45, 7) is 2.65. The lowest BCUT2D eigenvalue weighted by Gasteiger charge is -2.36. The third kappa shape index (κ3) is 5.20. The quantitative estimate of drug-likeness (QED) is 0.600. The molecule has 0 spiro atoms. The van der Waals surface area contributed by atoms with Crippen LogP contribution in [-0.4, -0.2) is 74.3 Å². The van der Waals surface area contributed by atoms with Gasteiger partial charge in [0.15, 0.2) is 0 Å². The van der Waals surface area contributed by atoms with E-state index in [0.717, 1.165) is 23.8 Å². The topological polar surface area (TPSA) is 104 Å². The molecule has 0 saturated carbocycles. The minimum atomic E-state index is -5.08. The van der Waals surface area contributed by atoms with Crippen molar-refractivity contribution in [2.45, 2.75) is 6.18 Å². The zero-order valence-electron chi connectivity index (χ0n) is 15.8. The summed E-state index contributed by atoms with van der Waals surface area (Å²) in [5.41, 5.74) is 2.10. The van der Waals surface area contributed by atoms with Gasteiger partial charge in [-0.1, -0.05) is 28.9 Å². The highest BCUT2D eigenvalue weighted by atomic mass is 35.5. The van der Waals surface area contributed by atoms with E-state index in [1.807, 2.05) is 24.3 Å². The summed E-state index contributed by atoms with van der Waals surface area (Å²) < 4.78 is 33.0. The highest BCUT2D eigenvalue weighted by Crippen LogP contribution is 2.26. The second-order valence-corrected chi connectivity index (χ2v) is 6.77. The molecule has 1 saturated heterocycles. The molecule has 9 nitrogen and oxygen atoms in total. The average molecular weight is 457 g/mol. The molecule has 1 fully saturated rings. The van der Waals surface area contributed by atoms with Crippen molar-refractivity contribution in [3.63, 3.8) is 0 Å². The molecule has 0 aliphatic carbocycles. The number of benzene rings is 1. The Kier molecular flexibility index (Phi) is 6.59. The van der Waals surface area contributed by atoms with E-state index in [4.69, 9.17) is 21.5 Å². The van der Waals surface area contributed by atoms with Gasteiger partial charge in [0.05, 0.1) is 10.7 Å². The molecule has 0 radical (unpaired) electrons. The predicted molar refractivity (Wildman–Crippen MR) is 105 cm³/mol. The smallest absolute Gasteiger partial charge is 0.475 e. The number of aliphatic carboxylic acids is 1. The van der Waals surface area contributed by atoms with Crippen LogP contribution in [0.2, 0.25) is 5.02 Å². The molecule has 1 amide bonds. The predicted octanol–water partition coefficient (Wildman–Crippen LogP) is 2.90. The van der Waals surface area contributed by atoms with E-state index in [0.29, 0.717) is 24.3 Å². The molecule has 3 heterocycles. The van der Waals surface area contributed by atoms with E-state index < -0.39 is 12.1 Å². The Morgan fingerprint density at radius 3 is 2.29 bits per heavy atom. The third-order valence-corrected chi connectivity index (χ3v) is 4.71. The first-order valence-corrected chi connectivity index (χ1v) is 9.31. The number of nitrogens with zero attached hydrogens (tertiary/aromatic N) is 6. The SMILES string of the molecule is O=C(N1CCN(c2ccccc2Cl)CC1)n1nnc2ncccc21.O=C(O)C(F)(F)F. The molecular formula is C18H16ClF3N6O3. The standard InChI is InChI=1S/C16H15ClN6O.C2HF3O2/c17-12-4-1-2-5-13(12)21-8-10-22(11-9-21)16(24)23-14-6-3-7-18-15(14)19-20-23;3-2(4,5)1(6)7/h1-7H,8-11H2;(H,6,7). The van der Waals surface area contributed by atoms with Crippen LogP contribution in [0.3, 0.4) is 0 Å². The number of aromatic nitrogens is 4. The van der Waals surface area contributed by atoms with Gasteiger partial charge in [0, 0.05) is 32.4 Å². The maximum atomic E-state index is 12.7. The Morgan fingerprint density at radius 1 is 1.03 bits per heavy atom. The molecular weight excluding hydrogens is 441 g/mol. The number of fused-ring (bicyclic) bond motifs is 1. The number of anilines is 1.